The predicted octanol–water partition coefficient (Wildman–Crippen LogP) is 1.43. The van der Waals surface area contributed by atoms with Gasteiger partial charge >= 0.3 is 0 Å². The van der Waals surface area contributed by atoms with Crippen LogP contribution in [0.3, 0.4) is 0 Å². The van der Waals surface area contributed by atoms with Crippen LogP contribution in [-0.4, -0.2) is 43.2 Å². The van der Waals surface area contributed by atoms with Gasteiger partial charge in [0.15, 0.2) is 0 Å². The second-order valence-electron chi connectivity index (χ2n) is 4.84. The van der Waals surface area contributed by atoms with E-state index >= 15 is 0 Å². The molecule has 19 heavy (non-hydrogen) atoms. The fraction of sp³-hybridized carbons (Fsp3) is 0.615. The van der Waals surface area contributed by atoms with Crippen LogP contribution < -0.4 is 5.32 Å². The lowest BCUT2D eigenvalue weighted by molar-refractivity contribution is -0.135. The first-order chi connectivity index (χ1) is 8.83. The molecule has 0 saturated carbocycles. The zero-order chi connectivity index (χ0) is 12.4. The van der Waals surface area contributed by atoms with Gasteiger partial charge in [-0.3, -0.25) is 4.79 Å². The molecule has 0 radical (unpaired) electrons. The Morgan fingerprint density at radius 3 is 3.26 bits per heavy atom. The Hall–Kier alpha value is -0.620. The van der Waals surface area contributed by atoms with Gasteiger partial charge in [-0.25, -0.2) is 0 Å². The maximum absolute atomic E-state index is 12.2. The number of thiophene rings is 1. The van der Waals surface area contributed by atoms with Gasteiger partial charge in [0.05, 0.1) is 19.1 Å². The molecule has 4 nitrogen and oxygen atoms in total. The first kappa shape index (κ1) is 14.8. The van der Waals surface area contributed by atoms with Gasteiger partial charge in [0, 0.05) is 31.1 Å². The van der Waals surface area contributed by atoms with Gasteiger partial charge in [0.1, 0.15) is 0 Å². The number of hydrogen-bond donors (Lipinski definition) is 1. The minimum Gasteiger partial charge on any atom is -0.375 e. The van der Waals surface area contributed by atoms with E-state index in [4.69, 9.17) is 4.74 Å². The molecule has 0 aromatic carbocycles. The third-order valence-electron chi connectivity index (χ3n) is 3.57. The molecule has 0 bridgehead atoms. The Bertz CT molecular complexity index is 432. The molecule has 1 unspecified atom stereocenters. The summed E-state index contributed by atoms with van der Waals surface area (Å²) in [5, 5.41) is 5.38. The summed E-state index contributed by atoms with van der Waals surface area (Å²) in [5.74, 6) is 0.223. The molecule has 1 aromatic rings. The summed E-state index contributed by atoms with van der Waals surface area (Å²) in [6, 6.07) is 2.14. The van der Waals surface area contributed by atoms with Gasteiger partial charge in [-0.1, -0.05) is 0 Å². The molecule has 1 atom stereocenters. The first-order valence-electron chi connectivity index (χ1n) is 6.48. The fourth-order valence-electron chi connectivity index (χ4n) is 2.54. The maximum Gasteiger partial charge on any atom is 0.225 e. The fourth-order valence-corrected chi connectivity index (χ4v) is 3.43. The minimum absolute atomic E-state index is 0. The number of rotatable bonds is 2. The highest BCUT2D eigenvalue weighted by atomic mass is 35.5. The molecule has 2 aliphatic heterocycles. The van der Waals surface area contributed by atoms with Crippen LogP contribution in [0, 0.1) is 0 Å². The van der Waals surface area contributed by atoms with Crippen LogP contribution in [0.2, 0.25) is 0 Å². The van der Waals surface area contributed by atoms with Crippen molar-refractivity contribution in [1.82, 2.24) is 10.2 Å². The van der Waals surface area contributed by atoms with Gasteiger partial charge in [0.25, 0.3) is 0 Å². The van der Waals surface area contributed by atoms with Crippen molar-refractivity contribution in [2.75, 3.05) is 26.2 Å². The highest BCUT2D eigenvalue weighted by Crippen LogP contribution is 2.24. The van der Waals surface area contributed by atoms with Crippen LogP contribution in [0.1, 0.15) is 16.9 Å². The Balaban J connectivity index is 0.00000133. The van der Waals surface area contributed by atoms with Crippen LogP contribution in [0.5, 0.6) is 0 Å². The van der Waals surface area contributed by atoms with E-state index in [2.05, 4.69) is 16.8 Å². The molecule has 1 saturated heterocycles. The number of halogens is 1. The summed E-state index contributed by atoms with van der Waals surface area (Å²) in [5.41, 5.74) is 1.32. The molecule has 0 spiro atoms. The molecule has 2 aliphatic rings. The van der Waals surface area contributed by atoms with E-state index in [0.717, 1.165) is 32.6 Å². The van der Waals surface area contributed by atoms with Gasteiger partial charge < -0.3 is 15.0 Å². The summed E-state index contributed by atoms with van der Waals surface area (Å²) in [6.07, 6.45) is 1.56. The second kappa shape index (κ2) is 6.70. The van der Waals surface area contributed by atoms with Crippen molar-refractivity contribution >= 4 is 29.7 Å². The van der Waals surface area contributed by atoms with Crippen molar-refractivity contribution in [1.29, 1.82) is 0 Å². The number of morpholine rings is 1. The van der Waals surface area contributed by atoms with E-state index < -0.39 is 0 Å². The number of amides is 1. The lowest BCUT2D eigenvalue weighted by Gasteiger charge is -2.30. The van der Waals surface area contributed by atoms with Gasteiger partial charge in [-0.15, -0.1) is 23.7 Å². The summed E-state index contributed by atoms with van der Waals surface area (Å²) in [7, 11) is 0. The van der Waals surface area contributed by atoms with Crippen LogP contribution in [0.25, 0.3) is 0 Å². The third-order valence-corrected chi connectivity index (χ3v) is 4.59. The molecule has 1 aromatic heterocycles. The van der Waals surface area contributed by atoms with Gasteiger partial charge in [0.2, 0.25) is 5.91 Å². The molecule has 3 heterocycles. The number of nitrogens with zero attached hydrogens (tertiary/aromatic N) is 1. The van der Waals surface area contributed by atoms with Crippen molar-refractivity contribution in [3.63, 3.8) is 0 Å². The average molecular weight is 303 g/mol. The number of nitrogens with one attached hydrogen (secondary N) is 1. The second-order valence-corrected chi connectivity index (χ2v) is 5.84. The molecule has 106 valence electrons. The van der Waals surface area contributed by atoms with E-state index in [1.54, 1.807) is 11.3 Å². The number of fused-ring (bicyclic) bond motifs is 1. The van der Waals surface area contributed by atoms with E-state index in [1.807, 2.05) is 4.90 Å². The number of hydrogen-bond acceptors (Lipinski definition) is 4. The van der Waals surface area contributed by atoms with E-state index in [0.29, 0.717) is 13.0 Å². The van der Waals surface area contributed by atoms with E-state index in [-0.39, 0.29) is 24.4 Å². The number of carbonyl (C=O) groups excluding carboxylic acids is 1. The smallest absolute Gasteiger partial charge is 0.225 e. The normalized spacial score (nSPS) is 22.5. The zero-order valence-electron chi connectivity index (χ0n) is 10.8. The number of ether oxygens (including phenoxy) is 1. The Kier molecular flexibility index (Phi) is 5.21. The van der Waals surface area contributed by atoms with Crippen molar-refractivity contribution in [2.45, 2.75) is 25.5 Å². The third kappa shape index (κ3) is 3.48. The molecular formula is C13H19ClN2O2S. The summed E-state index contributed by atoms with van der Waals surface area (Å²) >= 11 is 1.80. The molecule has 1 amide bonds. The molecule has 3 rings (SSSR count). The Labute approximate surface area is 123 Å². The van der Waals surface area contributed by atoms with Crippen LogP contribution in [0.4, 0.5) is 0 Å². The monoisotopic (exact) mass is 302 g/mol. The highest BCUT2D eigenvalue weighted by Gasteiger charge is 2.24. The zero-order valence-corrected chi connectivity index (χ0v) is 12.4. The summed E-state index contributed by atoms with van der Waals surface area (Å²) in [4.78, 5) is 15.6. The van der Waals surface area contributed by atoms with E-state index in [9.17, 15) is 4.79 Å². The topological polar surface area (TPSA) is 41.6 Å². The average Bonchev–Trinajstić information content (AvgIpc) is 2.87. The summed E-state index contributed by atoms with van der Waals surface area (Å²) in [6.45, 7) is 4.03. The van der Waals surface area contributed by atoms with Gasteiger partial charge in [-0.2, -0.15) is 0 Å². The van der Waals surface area contributed by atoms with E-state index in [1.165, 1.54) is 10.4 Å². The largest absolute Gasteiger partial charge is 0.375 e. The molecule has 1 fully saturated rings. The number of carbonyl (C=O) groups is 1. The Morgan fingerprint density at radius 2 is 2.47 bits per heavy atom. The first-order valence-corrected chi connectivity index (χ1v) is 7.36. The van der Waals surface area contributed by atoms with Crippen molar-refractivity contribution < 1.29 is 9.53 Å². The van der Waals surface area contributed by atoms with Crippen molar-refractivity contribution in [3.8, 4) is 0 Å². The lowest BCUT2D eigenvalue weighted by atomic mass is 10.1. The SMILES string of the molecule is Cl.O=C(CC1CNCCO1)N1CCc2sccc2C1. The van der Waals surface area contributed by atoms with Crippen molar-refractivity contribution in [2.24, 2.45) is 0 Å². The van der Waals surface area contributed by atoms with Crippen LogP contribution >= 0.6 is 23.7 Å². The van der Waals surface area contributed by atoms with Crippen LogP contribution in [0.15, 0.2) is 11.4 Å². The minimum atomic E-state index is 0. The molecule has 1 N–H and O–H groups in total. The predicted molar refractivity (Wildman–Crippen MR) is 77.9 cm³/mol. The van der Waals surface area contributed by atoms with Gasteiger partial charge in [-0.05, 0) is 23.4 Å². The Morgan fingerprint density at radius 1 is 1.58 bits per heavy atom. The highest BCUT2D eigenvalue weighted by molar-refractivity contribution is 7.10. The maximum atomic E-state index is 12.2. The summed E-state index contributed by atoms with van der Waals surface area (Å²) < 4.78 is 5.59. The van der Waals surface area contributed by atoms with Crippen molar-refractivity contribution in [3.05, 3.63) is 21.9 Å². The standard InChI is InChI=1S/C13H18N2O2S.ClH/c16-13(7-11-8-14-3-5-17-11)15-4-1-12-10(9-15)2-6-18-12;/h2,6,11,14H,1,3-5,7-9H2;1H. The molecule has 6 heteroatoms. The van der Waals surface area contributed by atoms with Crippen LogP contribution in [-0.2, 0) is 22.5 Å². The molecular weight excluding hydrogens is 284 g/mol. The quantitative estimate of drug-likeness (QED) is 0.899. The molecule has 0 aliphatic carbocycles. The lowest BCUT2D eigenvalue weighted by Crippen LogP contribution is -2.43.